The van der Waals surface area contributed by atoms with Crippen LogP contribution in [0.3, 0.4) is 0 Å². The molecule has 2 bridgehead atoms. The van der Waals surface area contributed by atoms with Gasteiger partial charge in [0, 0.05) is 36.7 Å². The standard InChI is InChI=1S/C11H10NS/c13-12-10-8-5-9(11(10)12)7-4-2-1-3-6(7)8/h1-4,8-11H,5H2. The molecule has 4 unspecified atom stereocenters. The van der Waals surface area contributed by atoms with E-state index in [1.807, 2.05) is 0 Å². The summed E-state index contributed by atoms with van der Waals surface area (Å²) in [6.07, 6.45) is 1.36. The van der Waals surface area contributed by atoms with E-state index in [1.165, 1.54) is 6.42 Å². The van der Waals surface area contributed by atoms with Gasteiger partial charge >= 0.3 is 0 Å². The molecule has 2 aliphatic carbocycles. The Morgan fingerprint density at radius 1 is 1.08 bits per heavy atom. The second-order valence-electron chi connectivity index (χ2n) is 4.42. The maximum absolute atomic E-state index is 5.30. The summed E-state index contributed by atoms with van der Waals surface area (Å²) in [6, 6.07) is 10.3. The summed E-state index contributed by atoms with van der Waals surface area (Å²) in [5.74, 6) is 1.53. The minimum Gasteiger partial charge on any atom is -0.230 e. The summed E-state index contributed by atoms with van der Waals surface area (Å²) in [5.41, 5.74) is 3.17. The van der Waals surface area contributed by atoms with Crippen LogP contribution in [0, 0.1) is 0 Å². The highest BCUT2D eigenvalue weighted by atomic mass is 32.1. The molecule has 2 heteroatoms. The molecule has 0 aromatic heterocycles. The number of hydrogen-bond donors (Lipinski definition) is 0. The number of rotatable bonds is 0. The van der Waals surface area contributed by atoms with Crippen LogP contribution in [0.4, 0.5) is 0 Å². The van der Waals surface area contributed by atoms with E-state index in [1.54, 1.807) is 11.1 Å². The molecule has 0 N–H and O–H groups in total. The molecule has 4 atom stereocenters. The lowest BCUT2D eigenvalue weighted by Gasteiger charge is -2.10. The van der Waals surface area contributed by atoms with Crippen molar-refractivity contribution in [2.24, 2.45) is 0 Å². The molecule has 1 saturated heterocycles. The smallest absolute Gasteiger partial charge is 0.0455 e. The number of benzene rings is 1. The molecule has 2 fully saturated rings. The highest BCUT2D eigenvalue weighted by molar-refractivity contribution is 7.78. The van der Waals surface area contributed by atoms with Crippen LogP contribution in [0.25, 0.3) is 0 Å². The zero-order valence-electron chi connectivity index (χ0n) is 7.18. The predicted octanol–water partition coefficient (Wildman–Crippen LogP) is 2.44. The fourth-order valence-electron chi connectivity index (χ4n) is 3.44. The van der Waals surface area contributed by atoms with E-state index < -0.39 is 0 Å². The van der Waals surface area contributed by atoms with Crippen molar-refractivity contribution in [1.82, 2.24) is 4.31 Å². The molecule has 13 heavy (non-hydrogen) atoms. The lowest BCUT2D eigenvalue weighted by Crippen LogP contribution is -2.06. The Morgan fingerprint density at radius 3 is 2.15 bits per heavy atom. The first kappa shape index (κ1) is 6.91. The van der Waals surface area contributed by atoms with Crippen molar-refractivity contribution in [2.75, 3.05) is 0 Å². The first-order valence-electron chi connectivity index (χ1n) is 4.92. The number of piperidine rings is 1. The summed E-state index contributed by atoms with van der Waals surface area (Å²) in [6.45, 7) is 0. The van der Waals surface area contributed by atoms with Crippen molar-refractivity contribution in [1.29, 1.82) is 0 Å². The van der Waals surface area contributed by atoms with Crippen LogP contribution >= 0.6 is 12.8 Å². The Bertz CT molecular complexity index is 354. The zero-order chi connectivity index (χ0) is 8.58. The topological polar surface area (TPSA) is 3.01 Å². The molecule has 1 aromatic rings. The van der Waals surface area contributed by atoms with E-state index in [9.17, 15) is 0 Å². The van der Waals surface area contributed by atoms with Crippen LogP contribution < -0.4 is 0 Å². The molecule has 1 aliphatic heterocycles. The number of hydrogen-bond acceptors (Lipinski definition) is 1. The van der Waals surface area contributed by atoms with E-state index >= 15 is 0 Å². The Kier molecular flexibility index (Phi) is 1.04. The summed E-state index contributed by atoms with van der Waals surface area (Å²) in [5, 5.41) is 0. The van der Waals surface area contributed by atoms with Crippen LogP contribution in [-0.2, 0) is 0 Å². The van der Waals surface area contributed by atoms with Crippen molar-refractivity contribution in [3.05, 3.63) is 35.4 Å². The van der Waals surface area contributed by atoms with Gasteiger partial charge in [-0.3, -0.25) is 0 Å². The molecule has 3 aliphatic rings. The minimum absolute atomic E-state index is 0.717. The third-order valence-corrected chi connectivity index (χ3v) is 4.46. The van der Waals surface area contributed by atoms with Crippen LogP contribution in [-0.4, -0.2) is 16.4 Å². The molecule has 1 aromatic carbocycles. The SMILES string of the molecule is [S]N1C2C3CC(c4ccccc43)C21. The molecular weight excluding hydrogens is 178 g/mol. The quantitative estimate of drug-likeness (QED) is 0.565. The van der Waals surface area contributed by atoms with Gasteiger partial charge in [0.25, 0.3) is 0 Å². The summed E-state index contributed by atoms with van der Waals surface area (Å²) >= 11 is 5.30. The summed E-state index contributed by atoms with van der Waals surface area (Å²) in [7, 11) is 0. The Hall–Kier alpha value is -0.470. The first-order chi connectivity index (χ1) is 6.38. The van der Waals surface area contributed by atoms with E-state index in [-0.39, 0.29) is 0 Å². The Balaban J connectivity index is 1.93. The van der Waals surface area contributed by atoms with Crippen molar-refractivity contribution in [3.8, 4) is 0 Å². The Labute approximate surface area is 83.3 Å². The average Bonchev–Trinajstić information content (AvgIpc) is 2.64. The predicted molar refractivity (Wildman–Crippen MR) is 53.5 cm³/mol. The Morgan fingerprint density at radius 2 is 1.62 bits per heavy atom. The molecule has 1 nitrogen and oxygen atoms in total. The van der Waals surface area contributed by atoms with Crippen molar-refractivity contribution < 1.29 is 0 Å². The van der Waals surface area contributed by atoms with E-state index in [2.05, 4.69) is 28.6 Å². The highest BCUT2D eigenvalue weighted by Gasteiger charge is 2.65. The van der Waals surface area contributed by atoms with Crippen LogP contribution in [0.5, 0.6) is 0 Å². The maximum Gasteiger partial charge on any atom is 0.0455 e. The van der Waals surface area contributed by atoms with Gasteiger partial charge < -0.3 is 0 Å². The average molecular weight is 188 g/mol. The van der Waals surface area contributed by atoms with Crippen molar-refractivity contribution >= 4 is 12.8 Å². The van der Waals surface area contributed by atoms with Gasteiger partial charge in [0.1, 0.15) is 0 Å². The number of fused-ring (bicyclic) bond motifs is 8. The van der Waals surface area contributed by atoms with Gasteiger partial charge in [0.05, 0.1) is 0 Å². The molecule has 1 radical (unpaired) electrons. The summed E-state index contributed by atoms with van der Waals surface area (Å²) < 4.78 is 2.14. The van der Waals surface area contributed by atoms with Gasteiger partial charge in [-0.25, -0.2) is 4.31 Å². The van der Waals surface area contributed by atoms with Crippen molar-refractivity contribution in [3.63, 3.8) is 0 Å². The fraction of sp³-hybridized carbons (Fsp3) is 0.455. The van der Waals surface area contributed by atoms with Gasteiger partial charge in [-0.2, -0.15) is 0 Å². The monoisotopic (exact) mass is 188 g/mol. The molecule has 0 amide bonds. The molecule has 1 saturated carbocycles. The second-order valence-corrected chi connectivity index (χ2v) is 4.84. The highest BCUT2D eigenvalue weighted by Crippen LogP contribution is 2.64. The summed E-state index contributed by atoms with van der Waals surface area (Å²) in [4.78, 5) is 0. The molecule has 4 rings (SSSR count). The fourth-order valence-corrected chi connectivity index (χ4v) is 3.93. The lowest BCUT2D eigenvalue weighted by molar-refractivity contribution is 0.561. The molecule has 65 valence electrons. The van der Waals surface area contributed by atoms with E-state index in [0.29, 0.717) is 0 Å². The lowest BCUT2D eigenvalue weighted by atomic mass is 9.92. The second kappa shape index (κ2) is 1.96. The molecule has 0 spiro atoms. The van der Waals surface area contributed by atoms with Crippen molar-refractivity contribution in [2.45, 2.75) is 30.3 Å². The van der Waals surface area contributed by atoms with Crippen LogP contribution in [0.15, 0.2) is 24.3 Å². The number of nitrogens with zero attached hydrogens (tertiary/aromatic N) is 1. The minimum atomic E-state index is 0.717. The van der Waals surface area contributed by atoms with Gasteiger partial charge in [0.15, 0.2) is 0 Å². The third kappa shape index (κ3) is 0.637. The van der Waals surface area contributed by atoms with E-state index in [4.69, 9.17) is 12.8 Å². The molecular formula is C11H10NS. The molecule has 1 heterocycles. The largest absolute Gasteiger partial charge is 0.230 e. The van der Waals surface area contributed by atoms with Gasteiger partial charge in [-0.05, 0) is 17.5 Å². The van der Waals surface area contributed by atoms with Gasteiger partial charge in [-0.15, -0.1) is 0 Å². The first-order valence-corrected chi connectivity index (χ1v) is 5.29. The zero-order valence-corrected chi connectivity index (χ0v) is 8.00. The van der Waals surface area contributed by atoms with E-state index in [0.717, 1.165) is 23.9 Å². The maximum atomic E-state index is 5.30. The normalized spacial score (nSPS) is 48.8. The van der Waals surface area contributed by atoms with Gasteiger partial charge in [0.2, 0.25) is 0 Å². The van der Waals surface area contributed by atoms with Crippen LogP contribution in [0.2, 0.25) is 0 Å². The van der Waals surface area contributed by atoms with Gasteiger partial charge in [-0.1, -0.05) is 24.3 Å². The third-order valence-electron chi connectivity index (χ3n) is 3.98. The van der Waals surface area contributed by atoms with Crippen LogP contribution in [0.1, 0.15) is 29.4 Å².